The highest BCUT2D eigenvalue weighted by Gasteiger charge is 2.22. The Bertz CT molecular complexity index is 508. The molecule has 0 atom stereocenters. The second-order valence-electron chi connectivity index (χ2n) is 5.05. The summed E-state index contributed by atoms with van der Waals surface area (Å²) in [6.45, 7) is 5.90. The fourth-order valence-corrected chi connectivity index (χ4v) is 1.88. The van der Waals surface area contributed by atoms with Gasteiger partial charge in [-0.2, -0.15) is 0 Å². The van der Waals surface area contributed by atoms with Gasteiger partial charge in [-0.25, -0.2) is 0 Å². The summed E-state index contributed by atoms with van der Waals surface area (Å²) in [5, 5.41) is 23.4. The van der Waals surface area contributed by atoms with Crippen LogP contribution in [-0.4, -0.2) is 37.6 Å². The zero-order chi connectivity index (χ0) is 16.0. The van der Waals surface area contributed by atoms with Crippen molar-refractivity contribution in [3.63, 3.8) is 0 Å². The number of aryl methyl sites for hydroxylation is 2. The highest BCUT2D eigenvalue weighted by Crippen LogP contribution is 2.13. The van der Waals surface area contributed by atoms with E-state index in [0.29, 0.717) is 25.2 Å². The number of hydrogen-bond acceptors (Lipinski definition) is 5. The Kier molecular flexibility index (Phi) is 5.83. The van der Waals surface area contributed by atoms with Crippen molar-refractivity contribution in [1.29, 1.82) is 0 Å². The topological polar surface area (TPSA) is 110 Å². The largest absolute Gasteiger partial charge is 0.388 e. The fraction of sp³-hybridized carbons (Fsp3) is 0.692. The third-order valence-corrected chi connectivity index (χ3v) is 3.66. The van der Waals surface area contributed by atoms with Crippen molar-refractivity contribution in [1.82, 2.24) is 14.9 Å². The normalized spacial score (nSPS) is 11.4. The zero-order valence-electron chi connectivity index (χ0n) is 12.6. The van der Waals surface area contributed by atoms with Crippen molar-refractivity contribution in [3.05, 3.63) is 22.1 Å². The first-order valence-corrected chi connectivity index (χ1v) is 6.98. The zero-order valence-corrected chi connectivity index (χ0v) is 12.6. The van der Waals surface area contributed by atoms with Crippen molar-refractivity contribution in [3.8, 4) is 0 Å². The Morgan fingerprint density at radius 1 is 1.52 bits per heavy atom. The number of nitrogens with zero attached hydrogens (tertiary/aromatic N) is 3. The van der Waals surface area contributed by atoms with E-state index in [1.165, 1.54) is 6.20 Å². The molecule has 0 spiro atoms. The van der Waals surface area contributed by atoms with Gasteiger partial charge in [-0.3, -0.25) is 4.79 Å². The molecule has 1 rings (SSSR count). The SMILES string of the molecule is CCC(O)(CC)CNC(=O)CCn1cc([N+](=O)[O-])nc1C. The van der Waals surface area contributed by atoms with Crippen LogP contribution >= 0.6 is 0 Å². The van der Waals surface area contributed by atoms with Crippen LogP contribution in [0.1, 0.15) is 38.9 Å². The molecule has 0 aliphatic carbocycles. The van der Waals surface area contributed by atoms with E-state index in [-0.39, 0.29) is 24.7 Å². The first kappa shape index (κ1) is 17.1. The molecule has 1 heterocycles. The minimum absolute atomic E-state index is 0.178. The number of hydrogen-bond donors (Lipinski definition) is 2. The maximum Gasteiger partial charge on any atom is 0.381 e. The lowest BCUT2D eigenvalue weighted by atomic mass is 9.97. The van der Waals surface area contributed by atoms with Crippen LogP contribution in [0.2, 0.25) is 0 Å². The van der Waals surface area contributed by atoms with E-state index in [9.17, 15) is 20.0 Å². The minimum atomic E-state index is -0.876. The molecule has 21 heavy (non-hydrogen) atoms. The number of aromatic nitrogens is 2. The van der Waals surface area contributed by atoms with Crippen molar-refractivity contribution >= 4 is 11.7 Å². The maximum absolute atomic E-state index is 11.8. The van der Waals surface area contributed by atoms with Gasteiger partial charge >= 0.3 is 5.82 Å². The lowest BCUT2D eigenvalue weighted by molar-refractivity contribution is -0.389. The van der Waals surface area contributed by atoms with Crippen molar-refractivity contribution < 1.29 is 14.8 Å². The number of nitro groups is 1. The van der Waals surface area contributed by atoms with Crippen LogP contribution in [0, 0.1) is 17.0 Å². The van der Waals surface area contributed by atoms with Crippen molar-refractivity contribution in [2.75, 3.05) is 6.54 Å². The quantitative estimate of drug-likeness (QED) is 0.552. The molecule has 0 unspecified atom stereocenters. The van der Waals surface area contributed by atoms with Gasteiger partial charge in [0.05, 0.1) is 5.60 Å². The van der Waals surface area contributed by atoms with E-state index in [2.05, 4.69) is 10.3 Å². The highest BCUT2D eigenvalue weighted by atomic mass is 16.6. The van der Waals surface area contributed by atoms with Crippen LogP contribution in [-0.2, 0) is 11.3 Å². The summed E-state index contributed by atoms with van der Waals surface area (Å²) in [4.78, 5) is 25.6. The number of carbonyl (C=O) groups is 1. The van der Waals surface area contributed by atoms with Crippen molar-refractivity contribution in [2.24, 2.45) is 0 Å². The number of imidazole rings is 1. The van der Waals surface area contributed by atoms with Gasteiger partial charge in [-0.05, 0) is 22.7 Å². The second-order valence-corrected chi connectivity index (χ2v) is 5.05. The van der Waals surface area contributed by atoms with Gasteiger partial charge in [0.2, 0.25) is 11.7 Å². The molecule has 0 bridgehead atoms. The molecule has 0 aliphatic rings. The van der Waals surface area contributed by atoms with E-state index in [0.717, 1.165) is 0 Å². The van der Waals surface area contributed by atoms with E-state index in [1.807, 2.05) is 13.8 Å². The van der Waals surface area contributed by atoms with Gasteiger partial charge in [-0.15, -0.1) is 0 Å². The van der Waals surface area contributed by atoms with Crippen LogP contribution < -0.4 is 5.32 Å². The Balaban J connectivity index is 2.48. The molecule has 0 saturated carbocycles. The van der Waals surface area contributed by atoms with E-state index in [1.54, 1.807) is 11.5 Å². The van der Waals surface area contributed by atoms with Crippen LogP contribution in [0.25, 0.3) is 0 Å². The maximum atomic E-state index is 11.8. The average molecular weight is 298 g/mol. The first-order valence-electron chi connectivity index (χ1n) is 6.98. The van der Waals surface area contributed by atoms with Gasteiger partial charge in [-0.1, -0.05) is 13.8 Å². The fourth-order valence-electron chi connectivity index (χ4n) is 1.88. The third kappa shape index (κ3) is 4.82. The average Bonchev–Trinajstić information content (AvgIpc) is 2.84. The first-order chi connectivity index (χ1) is 9.81. The van der Waals surface area contributed by atoms with Gasteiger partial charge in [0.15, 0.2) is 0 Å². The smallest absolute Gasteiger partial charge is 0.381 e. The molecule has 0 aliphatic heterocycles. The summed E-state index contributed by atoms with van der Waals surface area (Å²) in [6.07, 6.45) is 2.63. The molecule has 1 aromatic rings. The van der Waals surface area contributed by atoms with Crippen LogP contribution in [0.3, 0.4) is 0 Å². The lowest BCUT2D eigenvalue weighted by Gasteiger charge is -2.25. The molecular weight excluding hydrogens is 276 g/mol. The predicted molar refractivity (Wildman–Crippen MR) is 76.8 cm³/mol. The van der Waals surface area contributed by atoms with E-state index in [4.69, 9.17) is 0 Å². The van der Waals surface area contributed by atoms with Gasteiger partial charge in [0, 0.05) is 26.4 Å². The van der Waals surface area contributed by atoms with E-state index >= 15 is 0 Å². The summed E-state index contributed by atoms with van der Waals surface area (Å²) in [5.74, 6) is 0.0680. The molecule has 0 aromatic carbocycles. The minimum Gasteiger partial charge on any atom is -0.388 e. The summed E-state index contributed by atoms with van der Waals surface area (Å²) in [7, 11) is 0. The predicted octanol–water partition coefficient (Wildman–Crippen LogP) is 1.16. The third-order valence-electron chi connectivity index (χ3n) is 3.66. The molecule has 118 valence electrons. The molecule has 8 nitrogen and oxygen atoms in total. The molecule has 0 radical (unpaired) electrons. The number of amides is 1. The molecule has 0 fully saturated rings. The Morgan fingerprint density at radius 3 is 2.62 bits per heavy atom. The standard InChI is InChI=1S/C13H22N4O4/c1-4-13(19,5-2)9-14-12(18)6-7-16-8-11(17(20)21)15-10(16)3/h8,19H,4-7,9H2,1-3H3,(H,14,18). The Morgan fingerprint density at radius 2 is 2.14 bits per heavy atom. The summed E-state index contributed by atoms with van der Waals surface area (Å²) < 4.78 is 1.57. The number of carbonyl (C=O) groups excluding carboxylic acids is 1. The molecule has 1 amide bonds. The summed E-state index contributed by atoms with van der Waals surface area (Å²) in [5.41, 5.74) is -0.876. The number of aliphatic hydroxyl groups is 1. The molecule has 2 N–H and O–H groups in total. The molecule has 8 heteroatoms. The summed E-state index contributed by atoms with van der Waals surface area (Å²) >= 11 is 0. The van der Waals surface area contributed by atoms with Crippen LogP contribution in [0.5, 0.6) is 0 Å². The molecular formula is C13H22N4O4. The number of nitrogens with one attached hydrogen (secondary N) is 1. The van der Waals surface area contributed by atoms with Gasteiger partial charge in [0.1, 0.15) is 6.20 Å². The Hall–Kier alpha value is -1.96. The Labute approximate surface area is 123 Å². The second kappa shape index (κ2) is 7.16. The molecule has 1 aromatic heterocycles. The molecule has 0 saturated heterocycles. The lowest BCUT2D eigenvalue weighted by Crippen LogP contribution is -2.42. The summed E-state index contributed by atoms with van der Waals surface area (Å²) in [6, 6.07) is 0. The van der Waals surface area contributed by atoms with Crippen molar-refractivity contribution in [2.45, 2.75) is 52.2 Å². The van der Waals surface area contributed by atoms with Crippen LogP contribution in [0.4, 0.5) is 5.82 Å². The highest BCUT2D eigenvalue weighted by molar-refractivity contribution is 5.75. The van der Waals surface area contributed by atoms with Gasteiger partial charge in [0.25, 0.3) is 0 Å². The number of rotatable bonds is 8. The monoisotopic (exact) mass is 298 g/mol. The van der Waals surface area contributed by atoms with E-state index < -0.39 is 10.5 Å². The van der Waals surface area contributed by atoms with Crippen LogP contribution in [0.15, 0.2) is 6.20 Å². The van der Waals surface area contributed by atoms with Gasteiger partial charge < -0.3 is 25.1 Å².